The second-order valence-corrected chi connectivity index (χ2v) is 7.68. The summed E-state index contributed by atoms with van der Waals surface area (Å²) in [4.78, 5) is 16.0. The normalized spacial score (nSPS) is 25.3. The number of likely N-dealkylation sites (tertiary alicyclic amines) is 1. The highest BCUT2D eigenvalue weighted by Crippen LogP contribution is 2.26. The van der Waals surface area contributed by atoms with Crippen molar-refractivity contribution in [3.8, 4) is 0 Å². The Hall–Kier alpha value is -1.79. The Morgan fingerprint density at radius 2 is 1.73 bits per heavy atom. The van der Waals surface area contributed by atoms with Crippen molar-refractivity contribution in [2.75, 3.05) is 44.2 Å². The highest BCUT2D eigenvalue weighted by molar-refractivity contribution is 5.89. The van der Waals surface area contributed by atoms with Gasteiger partial charge >= 0.3 is 0 Å². The molecular formula is C20H28FN5. The molecule has 6 heteroatoms. The topological polar surface area (TPSA) is 35.5 Å². The van der Waals surface area contributed by atoms with Gasteiger partial charge in [-0.25, -0.2) is 14.4 Å². The summed E-state index contributed by atoms with van der Waals surface area (Å²) in [6, 6.07) is 6.54. The number of nitrogens with zero attached hydrogens (tertiary/aromatic N) is 5. The van der Waals surface area contributed by atoms with Crippen LogP contribution in [-0.2, 0) is 0 Å². The fourth-order valence-corrected chi connectivity index (χ4v) is 4.42. The van der Waals surface area contributed by atoms with Crippen molar-refractivity contribution in [1.82, 2.24) is 19.8 Å². The summed E-state index contributed by atoms with van der Waals surface area (Å²) in [6.45, 7) is 10.9. The molecule has 1 aromatic heterocycles. The maximum absolute atomic E-state index is 14.0. The van der Waals surface area contributed by atoms with Gasteiger partial charge < -0.3 is 4.90 Å². The Balaban J connectivity index is 1.38. The molecule has 26 heavy (non-hydrogen) atoms. The first-order chi connectivity index (χ1) is 12.6. The molecule has 140 valence electrons. The molecule has 0 amide bonds. The lowest BCUT2D eigenvalue weighted by atomic mass is 10.2. The van der Waals surface area contributed by atoms with Crippen LogP contribution in [0.3, 0.4) is 0 Å². The minimum atomic E-state index is -0.279. The second kappa shape index (κ2) is 7.45. The van der Waals surface area contributed by atoms with Gasteiger partial charge in [0.2, 0.25) is 0 Å². The third-order valence-corrected chi connectivity index (χ3v) is 6.08. The smallest absolute Gasteiger partial charge is 0.149 e. The summed E-state index contributed by atoms with van der Waals surface area (Å²) in [6.07, 6.45) is 4.13. The lowest BCUT2D eigenvalue weighted by molar-refractivity contribution is 0.165. The number of para-hydroxylation sites is 1. The number of piperazine rings is 1. The first-order valence-corrected chi connectivity index (χ1v) is 9.76. The number of benzene rings is 1. The molecule has 2 aliphatic rings. The van der Waals surface area contributed by atoms with Crippen molar-refractivity contribution >= 4 is 16.7 Å². The lowest BCUT2D eigenvalue weighted by Crippen LogP contribution is -2.49. The number of rotatable bonds is 4. The van der Waals surface area contributed by atoms with Crippen LogP contribution in [0.15, 0.2) is 24.5 Å². The molecule has 2 unspecified atom stereocenters. The zero-order valence-corrected chi connectivity index (χ0v) is 15.7. The van der Waals surface area contributed by atoms with Gasteiger partial charge in [-0.1, -0.05) is 6.07 Å². The van der Waals surface area contributed by atoms with Gasteiger partial charge in [-0.3, -0.25) is 9.80 Å². The van der Waals surface area contributed by atoms with Gasteiger partial charge in [0.15, 0.2) is 0 Å². The van der Waals surface area contributed by atoms with E-state index >= 15 is 0 Å². The molecule has 0 radical (unpaired) electrons. The van der Waals surface area contributed by atoms with Gasteiger partial charge in [0.1, 0.15) is 23.5 Å². The minimum absolute atomic E-state index is 0.279. The molecule has 2 saturated heterocycles. The van der Waals surface area contributed by atoms with E-state index < -0.39 is 0 Å². The quantitative estimate of drug-likeness (QED) is 0.841. The lowest BCUT2D eigenvalue weighted by Gasteiger charge is -2.37. The summed E-state index contributed by atoms with van der Waals surface area (Å²) >= 11 is 0. The summed E-state index contributed by atoms with van der Waals surface area (Å²) in [5, 5.41) is 0.806. The van der Waals surface area contributed by atoms with Gasteiger partial charge in [-0.2, -0.15) is 0 Å². The highest BCUT2D eigenvalue weighted by Gasteiger charge is 2.28. The van der Waals surface area contributed by atoms with Gasteiger partial charge in [0.05, 0.1) is 0 Å². The SMILES string of the molecule is CC1CCC(C)N1CCN1CCN(c2ncnc3c(F)cccc23)CC1. The molecule has 2 aromatic rings. The third kappa shape index (κ3) is 3.40. The molecular weight excluding hydrogens is 329 g/mol. The van der Waals surface area contributed by atoms with Crippen LogP contribution in [-0.4, -0.2) is 71.1 Å². The number of fused-ring (bicyclic) bond motifs is 1. The molecule has 2 fully saturated rings. The van der Waals surface area contributed by atoms with E-state index in [9.17, 15) is 4.39 Å². The second-order valence-electron chi connectivity index (χ2n) is 7.68. The molecule has 0 spiro atoms. The predicted octanol–water partition coefficient (Wildman–Crippen LogP) is 2.76. The van der Waals surface area contributed by atoms with Gasteiger partial charge in [0, 0.05) is 56.7 Å². The van der Waals surface area contributed by atoms with Crippen LogP contribution in [0.25, 0.3) is 10.9 Å². The first-order valence-electron chi connectivity index (χ1n) is 9.76. The van der Waals surface area contributed by atoms with Gasteiger partial charge in [0.25, 0.3) is 0 Å². The van der Waals surface area contributed by atoms with Gasteiger partial charge in [-0.15, -0.1) is 0 Å². The van der Waals surface area contributed by atoms with E-state index in [1.807, 2.05) is 6.07 Å². The van der Waals surface area contributed by atoms with E-state index in [4.69, 9.17) is 0 Å². The van der Waals surface area contributed by atoms with Crippen LogP contribution in [0.4, 0.5) is 10.2 Å². The molecule has 5 nitrogen and oxygen atoms in total. The van der Waals surface area contributed by atoms with Crippen molar-refractivity contribution in [1.29, 1.82) is 0 Å². The molecule has 0 saturated carbocycles. The van der Waals surface area contributed by atoms with Crippen molar-refractivity contribution in [2.45, 2.75) is 38.8 Å². The Kier molecular flexibility index (Phi) is 5.05. The highest BCUT2D eigenvalue weighted by atomic mass is 19.1. The summed E-state index contributed by atoms with van der Waals surface area (Å²) < 4.78 is 14.0. The largest absolute Gasteiger partial charge is 0.353 e. The molecule has 0 bridgehead atoms. The van der Waals surface area contributed by atoms with E-state index in [1.54, 1.807) is 6.07 Å². The summed E-state index contributed by atoms with van der Waals surface area (Å²) in [7, 11) is 0. The standard InChI is InChI=1S/C20H28FN5/c1-15-6-7-16(2)26(15)13-10-24-8-11-25(12-9-24)20-17-4-3-5-18(21)19(17)22-14-23-20/h3-5,14-16H,6-13H2,1-2H3. The Morgan fingerprint density at radius 1 is 1.00 bits per heavy atom. The minimum Gasteiger partial charge on any atom is -0.353 e. The van der Waals surface area contributed by atoms with Crippen LogP contribution in [0.2, 0.25) is 0 Å². The molecule has 3 heterocycles. The zero-order chi connectivity index (χ0) is 18.1. The monoisotopic (exact) mass is 357 g/mol. The van der Waals surface area contributed by atoms with Crippen LogP contribution < -0.4 is 4.90 Å². The van der Waals surface area contributed by atoms with Crippen molar-refractivity contribution in [3.63, 3.8) is 0 Å². The first kappa shape index (κ1) is 17.6. The Labute approximate surface area is 154 Å². The molecule has 2 atom stereocenters. The Bertz CT molecular complexity index is 749. The zero-order valence-electron chi connectivity index (χ0n) is 15.7. The number of hydrogen-bond acceptors (Lipinski definition) is 5. The van der Waals surface area contributed by atoms with Crippen molar-refractivity contribution < 1.29 is 4.39 Å². The van der Waals surface area contributed by atoms with Crippen LogP contribution in [0.1, 0.15) is 26.7 Å². The van der Waals surface area contributed by atoms with Gasteiger partial charge in [-0.05, 0) is 38.8 Å². The number of halogens is 1. The fraction of sp³-hybridized carbons (Fsp3) is 0.600. The van der Waals surface area contributed by atoms with Crippen molar-refractivity contribution in [2.24, 2.45) is 0 Å². The van der Waals surface area contributed by atoms with E-state index in [0.717, 1.165) is 50.5 Å². The van der Waals surface area contributed by atoms with E-state index in [0.29, 0.717) is 17.6 Å². The number of anilines is 1. The number of hydrogen-bond donors (Lipinski definition) is 0. The average Bonchev–Trinajstić information content (AvgIpc) is 2.98. The molecule has 1 aromatic carbocycles. The van der Waals surface area contributed by atoms with E-state index in [-0.39, 0.29) is 5.82 Å². The third-order valence-electron chi connectivity index (χ3n) is 6.08. The number of aromatic nitrogens is 2. The van der Waals surface area contributed by atoms with Crippen LogP contribution >= 0.6 is 0 Å². The molecule has 4 rings (SSSR count). The van der Waals surface area contributed by atoms with Crippen molar-refractivity contribution in [3.05, 3.63) is 30.3 Å². The predicted molar refractivity (Wildman–Crippen MR) is 103 cm³/mol. The molecule has 0 N–H and O–H groups in total. The van der Waals surface area contributed by atoms with E-state index in [2.05, 4.69) is 38.5 Å². The maximum atomic E-state index is 14.0. The summed E-state index contributed by atoms with van der Waals surface area (Å²) in [5.74, 6) is 0.578. The van der Waals surface area contributed by atoms with Crippen LogP contribution in [0, 0.1) is 5.82 Å². The Morgan fingerprint density at radius 3 is 2.46 bits per heavy atom. The maximum Gasteiger partial charge on any atom is 0.149 e. The fourth-order valence-electron chi connectivity index (χ4n) is 4.42. The summed E-state index contributed by atoms with van der Waals surface area (Å²) in [5.41, 5.74) is 0.414. The van der Waals surface area contributed by atoms with E-state index in [1.165, 1.54) is 25.2 Å². The molecule has 0 aliphatic carbocycles. The van der Waals surface area contributed by atoms with Crippen LogP contribution in [0.5, 0.6) is 0 Å². The average molecular weight is 357 g/mol. The molecule has 2 aliphatic heterocycles.